The highest BCUT2D eigenvalue weighted by molar-refractivity contribution is 9.10. The van der Waals surface area contributed by atoms with E-state index < -0.39 is 43.6 Å². The number of aliphatic carboxylic acids is 1. The number of benzene rings is 2. The van der Waals surface area contributed by atoms with Gasteiger partial charge in [0.2, 0.25) is 0 Å². The molecule has 0 radical (unpaired) electrons. The standard InChI is InChI=1S/C20H17BrF3NO5S/c1-18(17(26)27)9-19(10-18)11-25(15-8-13(21)5-6-16(15)30-19)31(28,29)14-4-2-3-12(7-14)20(22,23)24/h2-8H,9-11H2,1H3,(H,26,27). The number of anilines is 1. The van der Waals surface area contributed by atoms with Crippen LogP contribution in [0.1, 0.15) is 25.3 Å². The van der Waals surface area contributed by atoms with Gasteiger partial charge in [-0.2, -0.15) is 13.2 Å². The molecule has 6 nitrogen and oxygen atoms in total. The first-order chi connectivity index (χ1) is 14.3. The van der Waals surface area contributed by atoms with Crippen molar-refractivity contribution in [3.8, 4) is 5.75 Å². The van der Waals surface area contributed by atoms with Gasteiger partial charge in [0.1, 0.15) is 11.4 Å². The Bertz CT molecular complexity index is 1180. The minimum absolute atomic E-state index is 0.0689. The number of hydrogen-bond donors (Lipinski definition) is 1. The van der Waals surface area contributed by atoms with Crippen LogP contribution in [0.25, 0.3) is 0 Å². The monoisotopic (exact) mass is 519 g/mol. The topological polar surface area (TPSA) is 83.9 Å². The number of rotatable bonds is 3. The summed E-state index contributed by atoms with van der Waals surface area (Å²) in [4.78, 5) is 11.0. The largest absolute Gasteiger partial charge is 0.483 e. The molecule has 31 heavy (non-hydrogen) atoms. The molecule has 2 aromatic carbocycles. The Kier molecular flexibility index (Phi) is 4.86. The lowest BCUT2D eigenvalue weighted by Gasteiger charge is -2.55. The lowest BCUT2D eigenvalue weighted by atomic mass is 9.59. The summed E-state index contributed by atoms with van der Waals surface area (Å²) in [5.41, 5.74) is -3.06. The van der Waals surface area contributed by atoms with Gasteiger partial charge >= 0.3 is 12.1 Å². The van der Waals surface area contributed by atoms with Crippen molar-refractivity contribution in [1.29, 1.82) is 0 Å². The fraction of sp³-hybridized carbons (Fsp3) is 0.350. The predicted molar refractivity (Wildman–Crippen MR) is 108 cm³/mol. The predicted octanol–water partition coefficient (Wildman–Crippen LogP) is 4.68. The van der Waals surface area contributed by atoms with Crippen molar-refractivity contribution in [3.63, 3.8) is 0 Å². The highest BCUT2D eigenvalue weighted by Gasteiger charge is 2.61. The molecule has 1 heterocycles. The van der Waals surface area contributed by atoms with Crippen LogP contribution in [-0.4, -0.2) is 31.6 Å². The molecule has 4 rings (SSSR count). The third-order valence-electron chi connectivity index (χ3n) is 5.64. The van der Waals surface area contributed by atoms with Crippen LogP contribution in [0, 0.1) is 5.41 Å². The van der Waals surface area contributed by atoms with Crippen LogP contribution in [0.5, 0.6) is 5.75 Å². The van der Waals surface area contributed by atoms with E-state index in [0.29, 0.717) is 10.5 Å². The fourth-order valence-corrected chi connectivity index (χ4v) is 6.20. The van der Waals surface area contributed by atoms with Gasteiger partial charge in [0.05, 0.1) is 28.1 Å². The number of ether oxygens (including phenoxy) is 1. The molecule has 11 heteroatoms. The van der Waals surface area contributed by atoms with Gasteiger partial charge in [-0.3, -0.25) is 9.10 Å². The average Bonchev–Trinajstić information content (AvgIpc) is 2.66. The van der Waals surface area contributed by atoms with Crippen molar-refractivity contribution in [2.24, 2.45) is 5.41 Å². The van der Waals surface area contributed by atoms with Crippen LogP contribution in [-0.2, 0) is 21.0 Å². The molecule has 2 aromatic rings. The van der Waals surface area contributed by atoms with Crippen molar-refractivity contribution < 1.29 is 36.2 Å². The maximum Gasteiger partial charge on any atom is 0.416 e. The van der Waals surface area contributed by atoms with Crippen LogP contribution >= 0.6 is 15.9 Å². The molecule has 0 atom stereocenters. The molecular weight excluding hydrogens is 503 g/mol. The van der Waals surface area contributed by atoms with E-state index in [1.54, 1.807) is 19.1 Å². The van der Waals surface area contributed by atoms with E-state index in [9.17, 15) is 31.5 Å². The maximum atomic E-state index is 13.4. The molecule has 1 aliphatic carbocycles. The molecular formula is C20H17BrF3NO5S. The molecule has 1 saturated carbocycles. The highest BCUT2D eigenvalue weighted by Crippen LogP contribution is 2.55. The van der Waals surface area contributed by atoms with E-state index in [1.807, 2.05) is 0 Å². The molecule has 2 aliphatic rings. The minimum atomic E-state index is -4.70. The summed E-state index contributed by atoms with van der Waals surface area (Å²) in [5.74, 6) is -0.798. The molecule has 0 aromatic heterocycles. The fourth-order valence-electron chi connectivity index (χ4n) is 4.26. The number of carboxylic acid groups (broad SMARTS) is 1. The van der Waals surface area contributed by atoms with Crippen molar-refractivity contribution >= 4 is 37.6 Å². The zero-order valence-electron chi connectivity index (χ0n) is 16.1. The molecule has 1 aliphatic heterocycles. The summed E-state index contributed by atoms with van der Waals surface area (Å²) in [6.07, 6.45) is -4.56. The molecule has 0 saturated heterocycles. The van der Waals surface area contributed by atoms with E-state index >= 15 is 0 Å². The summed E-state index contributed by atoms with van der Waals surface area (Å²) >= 11 is 3.27. The molecule has 1 spiro atoms. The van der Waals surface area contributed by atoms with Gasteiger partial charge in [-0.1, -0.05) is 22.0 Å². The zero-order chi connectivity index (χ0) is 22.8. The van der Waals surface area contributed by atoms with E-state index in [0.717, 1.165) is 22.5 Å². The summed E-state index contributed by atoms with van der Waals surface area (Å²) in [6.45, 7) is 1.34. The quantitative estimate of drug-likeness (QED) is 0.636. The lowest BCUT2D eigenvalue weighted by molar-refractivity contribution is -0.171. The van der Waals surface area contributed by atoms with Gasteiger partial charge < -0.3 is 9.84 Å². The number of alkyl halides is 3. The Labute approximate surface area is 184 Å². The molecule has 1 fully saturated rings. The van der Waals surface area contributed by atoms with Gasteiger partial charge in [-0.25, -0.2) is 8.42 Å². The molecule has 0 unspecified atom stereocenters. The Morgan fingerprint density at radius 2 is 1.87 bits per heavy atom. The normalized spacial score (nSPS) is 25.5. The number of sulfonamides is 1. The summed E-state index contributed by atoms with van der Waals surface area (Å²) < 4.78 is 73.9. The SMILES string of the molecule is CC1(C(=O)O)CC2(CN(S(=O)(=O)c3cccc(C(F)(F)F)c3)c3cc(Br)ccc3O2)C1. The van der Waals surface area contributed by atoms with Crippen LogP contribution in [0.2, 0.25) is 0 Å². The molecule has 0 amide bonds. The Morgan fingerprint density at radius 1 is 1.19 bits per heavy atom. The third kappa shape index (κ3) is 3.67. The summed E-state index contributed by atoms with van der Waals surface area (Å²) in [7, 11) is -4.39. The van der Waals surface area contributed by atoms with Crippen molar-refractivity contribution in [1.82, 2.24) is 0 Å². The van der Waals surface area contributed by atoms with Crippen LogP contribution in [0.4, 0.5) is 18.9 Å². The third-order valence-corrected chi connectivity index (χ3v) is 7.89. The molecule has 0 bridgehead atoms. The molecule has 166 valence electrons. The number of carbonyl (C=O) groups is 1. The summed E-state index contributed by atoms with van der Waals surface area (Å²) in [6, 6.07) is 8.23. The Morgan fingerprint density at radius 3 is 2.48 bits per heavy atom. The smallest absolute Gasteiger partial charge is 0.416 e. The maximum absolute atomic E-state index is 13.4. The van der Waals surface area contributed by atoms with Gasteiger partial charge in [-0.05, 0) is 43.3 Å². The van der Waals surface area contributed by atoms with E-state index in [1.165, 1.54) is 6.07 Å². The van der Waals surface area contributed by atoms with Gasteiger partial charge in [0, 0.05) is 17.3 Å². The minimum Gasteiger partial charge on any atom is -0.483 e. The first kappa shape index (κ1) is 21.9. The first-order valence-corrected chi connectivity index (χ1v) is 11.4. The van der Waals surface area contributed by atoms with Gasteiger partial charge in [0.15, 0.2) is 0 Å². The first-order valence-electron chi connectivity index (χ1n) is 9.18. The number of fused-ring (bicyclic) bond motifs is 1. The number of hydrogen-bond acceptors (Lipinski definition) is 4. The second kappa shape index (κ2) is 6.86. The Balaban J connectivity index is 1.80. The second-order valence-corrected chi connectivity index (χ2v) is 10.9. The van der Waals surface area contributed by atoms with E-state index in [2.05, 4.69) is 15.9 Å². The van der Waals surface area contributed by atoms with E-state index in [-0.39, 0.29) is 30.8 Å². The average molecular weight is 520 g/mol. The summed E-state index contributed by atoms with van der Waals surface area (Å²) in [5, 5.41) is 9.45. The van der Waals surface area contributed by atoms with Crippen LogP contribution < -0.4 is 9.04 Å². The zero-order valence-corrected chi connectivity index (χ0v) is 18.5. The van der Waals surface area contributed by atoms with Crippen molar-refractivity contribution in [2.75, 3.05) is 10.8 Å². The highest BCUT2D eigenvalue weighted by atomic mass is 79.9. The number of nitrogens with zero attached hydrogens (tertiary/aromatic N) is 1. The van der Waals surface area contributed by atoms with Crippen molar-refractivity contribution in [2.45, 2.75) is 36.4 Å². The van der Waals surface area contributed by atoms with E-state index in [4.69, 9.17) is 4.74 Å². The van der Waals surface area contributed by atoms with Crippen LogP contribution in [0.3, 0.4) is 0 Å². The van der Waals surface area contributed by atoms with Crippen molar-refractivity contribution in [3.05, 3.63) is 52.5 Å². The van der Waals surface area contributed by atoms with Crippen LogP contribution in [0.15, 0.2) is 51.8 Å². The Hall–Kier alpha value is -2.27. The number of halogens is 4. The lowest BCUT2D eigenvalue weighted by Crippen LogP contribution is -2.64. The van der Waals surface area contributed by atoms with Gasteiger partial charge in [0.25, 0.3) is 10.0 Å². The number of carboxylic acids is 1. The second-order valence-electron chi connectivity index (χ2n) is 8.15. The molecule has 1 N–H and O–H groups in total. The van der Waals surface area contributed by atoms with Gasteiger partial charge in [-0.15, -0.1) is 0 Å².